The summed E-state index contributed by atoms with van der Waals surface area (Å²) in [5, 5.41) is 4.07. The van der Waals surface area contributed by atoms with Crippen molar-refractivity contribution in [1.82, 2.24) is 9.80 Å². The first kappa shape index (κ1) is 15.9. The molecule has 0 aromatic carbocycles. The monoisotopic (exact) mass is 346 g/mol. The first-order valence-electron chi connectivity index (χ1n) is 8.43. The van der Waals surface area contributed by atoms with Crippen molar-refractivity contribution in [2.75, 3.05) is 32.8 Å². The van der Waals surface area contributed by atoms with E-state index in [1.54, 1.807) is 17.6 Å². The van der Waals surface area contributed by atoms with E-state index in [-0.39, 0.29) is 12.0 Å². The molecule has 4 rings (SSSR count). The fourth-order valence-electron chi connectivity index (χ4n) is 3.61. The molecule has 5 nitrogen and oxygen atoms in total. The summed E-state index contributed by atoms with van der Waals surface area (Å²) >= 11 is 1.64. The number of nitrogens with zero attached hydrogens (tertiary/aromatic N) is 2. The molecule has 6 heteroatoms. The number of furan rings is 1. The van der Waals surface area contributed by atoms with E-state index in [4.69, 9.17) is 9.15 Å². The van der Waals surface area contributed by atoms with E-state index in [9.17, 15) is 4.79 Å². The highest BCUT2D eigenvalue weighted by Gasteiger charge is 2.38. The fraction of sp³-hybridized carbons (Fsp3) is 0.500. The van der Waals surface area contributed by atoms with Gasteiger partial charge in [0.1, 0.15) is 5.76 Å². The van der Waals surface area contributed by atoms with Gasteiger partial charge in [-0.15, -0.1) is 0 Å². The number of carbonyl (C=O) groups is 1. The van der Waals surface area contributed by atoms with Gasteiger partial charge in [0.05, 0.1) is 31.9 Å². The molecule has 24 heavy (non-hydrogen) atoms. The summed E-state index contributed by atoms with van der Waals surface area (Å²) < 4.78 is 11.5. The van der Waals surface area contributed by atoms with Gasteiger partial charge in [-0.3, -0.25) is 9.69 Å². The normalized spacial score (nSPS) is 24.8. The molecule has 1 amide bonds. The van der Waals surface area contributed by atoms with Crippen molar-refractivity contribution in [3.05, 3.63) is 46.5 Å². The summed E-state index contributed by atoms with van der Waals surface area (Å²) in [6.07, 6.45) is 2.38. The second-order valence-corrected chi connectivity index (χ2v) is 7.37. The van der Waals surface area contributed by atoms with Crippen molar-refractivity contribution in [2.45, 2.75) is 19.1 Å². The third-order valence-corrected chi connectivity index (χ3v) is 5.59. The van der Waals surface area contributed by atoms with Crippen molar-refractivity contribution in [3.8, 4) is 0 Å². The van der Waals surface area contributed by atoms with Crippen LogP contribution in [0.4, 0.5) is 0 Å². The van der Waals surface area contributed by atoms with Gasteiger partial charge in [0, 0.05) is 32.1 Å². The van der Waals surface area contributed by atoms with Crippen LogP contribution in [0.2, 0.25) is 0 Å². The fourth-order valence-corrected chi connectivity index (χ4v) is 4.28. The standard InChI is InChI=1S/C18H22N2O3S/c21-18(8-14-3-7-24-13-14)20-10-15-9-19(4-6-23-17(15)12-20)11-16-2-1-5-22-16/h1-3,5,7,13,15,17H,4,6,8-12H2/t15-,17+/m1/s1. The smallest absolute Gasteiger partial charge is 0.227 e. The van der Waals surface area contributed by atoms with E-state index >= 15 is 0 Å². The SMILES string of the molecule is O=C(Cc1ccsc1)N1C[C@H]2CN(Cc3ccco3)CCO[C@H]2C1. The average Bonchev–Trinajstić information content (AvgIpc) is 3.29. The molecule has 2 atom stereocenters. The Morgan fingerprint density at radius 2 is 2.25 bits per heavy atom. The highest BCUT2D eigenvalue weighted by atomic mass is 32.1. The lowest BCUT2D eigenvalue weighted by atomic mass is 10.1. The number of likely N-dealkylation sites (tertiary alicyclic amines) is 1. The number of amides is 1. The maximum atomic E-state index is 12.5. The van der Waals surface area contributed by atoms with E-state index in [1.807, 2.05) is 33.9 Å². The zero-order chi connectivity index (χ0) is 16.4. The molecule has 0 bridgehead atoms. The average molecular weight is 346 g/mol. The number of ether oxygens (including phenoxy) is 1. The van der Waals surface area contributed by atoms with Crippen LogP contribution in [0, 0.1) is 5.92 Å². The molecule has 0 saturated carbocycles. The minimum absolute atomic E-state index is 0.165. The topological polar surface area (TPSA) is 45.9 Å². The molecular formula is C18H22N2O3S. The van der Waals surface area contributed by atoms with Crippen molar-refractivity contribution < 1.29 is 13.9 Å². The van der Waals surface area contributed by atoms with E-state index in [0.717, 1.165) is 44.0 Å². The second-order valence-electron chi connectivity index (χ2n) is 6.59. The molecule has 0 radical (unpaired) electrons. The maximum Gasteiger partial charge on any atom is 0.227 e. The number of fused-ring (bicyclic) bond motifs is 1. The lowest BCUT2D eigenvalue weighted by molar-refractivity contribution is -0.130. The highest BCUT2D eigenvalue weighted by molar-refractivity contribution is 7.07. The van der Waals surface area contributed by atoms with Gasteiger partial charge in [-0.25, -0.2) is 0 Å². The summed E-state index contributed by atoms with van der Waals surface area (Å²) in [5.74, 6) is 1.58. The number of thiophene rings is 1. The Kier molecular flexibility index (Phi) is 4.69. The van der Waals surface area contributed by atoms with Crippen molar-refractivity contribution in [3.63, 3.8) is 0 Å². The predicted molar refractivity (Wildman–Crippen MR) is 91.8 cm³/mol. The predicted octanol–water partition coefficient (Wildman–Crippen LogP) is 2.24. The van der Waals surface area contributed by atoms with Crippen LogP contribution in [0.3, 0.4) is 0 Å². The zero-order valence-corrected chi connectivity index (χ0v) is 14.4. The van der Waals surface area contributed by atoms with Crippen molar-refractivity contribution in [2.24, 2.45) is 5.92 Å². The van der Waals surface area contributed by atoms with Gasteiger partial charge in [-0.05, 0) is 34.5 Å². The van der Waals surface area contributed by atoms with Gasteiger partial charge >= 0.3 is 0 Å². The Hall–Kier alpha value is -1.63. The zero-order valence-electron chi connectivity index (χ0n) is 13.6. The molecule has 2 aromatic rings. The van der Waals surface area contributed by atoms with Crippen LogP contribution in [-0.2, 0) is 22.5 Å². The summed E-state index contributed by atoms with van der Waals surface area (Å²) in [6.45, 7) is 4.91. The number of carbonyl (C=O) groups excluding carboxylic acids is 1. The highest BCUT2D eigenvalue weighted by Crippen LogP contribution is 2.25. The summed E-state index contributed by atoms with van der Waals surface area (Å²) in [5.41, 5.74) is 1.11. The Bertz CT molecular complexity index is 656. The van der Waals surface area contributed by atoms with Crippen LogP contribution >= 0.6 is 11.3 Å². The first-order valence-corrected chi connectivity index (χ1v) is 9.37. The molecule has 0 aliphatic carbocycles. The van der Waals surface area contributed by atoms with Gasteiger partial charge in [0.25, 0.3) is 0 Å². The largest absolute Gasteiger partial charge is 0.468 e. The van der Waals surface area contributed by atoms with Crippen molar-refractivity contribution in [1.29, 1.82) is 0 Å². The molecule has 2 saturated heterocycles. The summed E-state index contributed by atoms with van der Waals surface area (Å²) in [4.78, 5) is 16.9. The molecule has 0 unspecified atom stereocenters. The molecule has 2 aliphatic rings. The third kappa shape index (κ3) is 3.55. The second kappa shape index (κ2) is 7.09. The summed E-state index contributed by atoms with van der Waals surface area (Å²) in [7, 11) is 0. The van der Waals surface area contributed by atoms with Crippen LogP contribution in [0.25, 0.3) is 0 Å². The van der Waals surface area contributed by atoms with Crippen LogP contribution in [-0.4, -0.2) is 54.6 Å². The quantitative estimate of drug-likeness (QED) is 0.852. The lowest BCUT2D eigenvalue weighted by Gasteiger charge is -2.22. The van der Waals surface area contributed by atoms with Gasteiger partial charge < -0.3 is 14.1 Å². The van der Waals surface area contributed by atoms with Gasteiger partial charge in [0.2, 0.25) is 5.91 Å². The van der Waals surface area contributed by atoms with Crippen LogP contribution in [0.5, 0.6) is 0 Å². The third-order valence-electron chi connectivity index (χ3n) is 4.86. The van der Waals surface area contributed by atoms with Crippen LogP contribution in [0.15, 0.2) is 39.6 Å². The molecule has 2 fully saturated rings. The van der Waals surface area contributed by atoms with E-state index in [1.165, 1.54) is 0 Å². The number of rotatable bonds is 4. The van der Waals surface area contributed by atoms with Crippen LogP contribution < -0.4 is 0 Å². The van der Waals surface area contributed by atoms with E-state index in [0.29, 0.717) is 18.9 Å². The van der Waals surface area contributed by atoms with Crippen molar-refractivity contribution >= 4 is 17.2 Å². The molecular weight excluding hydrogens is 324 g/mol. The maximum absolute atomic E-state index is 12.5. The minimum atomic E-state index is 0.165. The van der Waals surface area contributed by atoms with E-state index < -0.39 is 0 Å². The Morgan fingerprint density at radius 3 is 3.04 bits per heavy atom. The minimum Gasteiger partial charge on any atom is -0.468 e. The Balaban J connectivity index is 1.36. The molecule has 2 aromatic heterocycles. The molecule has 4 heterocycles. The molecule has 0 N–H and O–H groups in total. The van der Waals surface area contributed by atoms with Gasteiger partial charge in [-0.2, -0.15) is 11.3 Å². The van der Waals surface area contributed by atoms with Gasteiger partial charge in [0.15, 0.2) is 0 Å². The van der Waals surface area contributed by atoms with E-state index in [2.05, 4.69) is 4.90 Å². The Labute approximate surface area is 145 Å². The summed E-state index contributed by atoms with van der Waals surface area (Å²) in [6, 6.07) is 5.96. The number of hydrogen-bond donors (Lipinski definition) is 0. The lowest BCUT2D eigenvalue weighted by Crippen LogP contribution is -2.34. The number of hydrogen-bond acceptors (Lipinski definition) is 5. The van der Waals surface area contributed by atoms with Crippen LogP contribution in [0.1, 0.15) is 11.3 Å². The van der Waals surface area contributed by atoms with Gasteiger partial charge in [-0.1, -0.05) is 0 Å². The Morgan fingerprint density at radius 1 is 1.29 bits per heavy atom. The molecule has 2 aliphatic heterocycles. The molecule has 128 valence electrons. The first-order chi connectivity index (χ1) is 11.8. The molecule has 0 spiro atoms.